The molecule has 4 saturated heterocycles. The van der Waals surface area contributed by atoms with E-state index in [1.165, 1.54) is 0 Å². The largest absolute Gasteiger partial charge is 0.459 e. The van der Waals surface area contributed by atoms with Crippen LogP contribution in [0.3, 0.4) is 0 Å². The van der Waals surface area contributed by atoms with Gasteiger partial charge in [0.1, 0.15) is 11.7 Å². The predicted octanol–water partition coefficient (Wildman–Crippen LogP) is 2.98. The molecule has 2 aromatic carbocycles. The van der Waals surface area contributed by atoms with Crippen LogP contribution in [0.1, 0.15) is 24.0 Å². The topological polar surface area (TPSA) is 48.0 Å². The summed E-state index contributed by atoms with van der Waals surface area (Å²) in [6, 6.07) is 20.0. The zero-order chi connectivity index (χ0) is 19.7. The second-order valence-corrected chi connectivity index (χ2v) is 8.29. The summed E-state index contributed by atoms with van der Waals surface area (Å²) in [6.07, 6.45) is 1.45. The molecule has 0 saturated carbocycles. The molecule has 0 aromatic heterocycles. The lowest BCUT2D eigenvalue weighted by Crippen LogP contribution is -2.54. The fraction of sp³-hybridized carbons (Fsp3) is 0.458. The lowest BCUT2D eigenvalue weighted by Gasteiger charge is -2.45. The van der Waals surface area contributed by atoms with Gasteiger partial charge in [-0.05, 0) is 43.0 Å². The maximum atomic E-state index is 13.0. The number of nitrogens with zero attached hydrogens (tertiary/aromatic N) is 1. The van der Waals surface area contributed by atoms with Gasteiger partial charge in [-0.2, -0.15) is 0 Å². The highest BCUT2D eigenvalue weighted by molar-refractivity contribution is 5.75. The van der Waals surface area contributed by atoms with Crippen molar-refractivity contribution in [1.29, 1.82) is 0 Å². The van der Waals surface area contributed by atoms with E-state index in [1.807, 2.05) is 60.7 Å². The Morgan fingerprint density at radius 1 is 0.966 bits per heavy atom. The van der Waals surface area contributed by atoms with E-state index in [0.29, 0.717) is 12.5 Å². The van der Waals surface area contributed by atoms with Gasteiger partial charge in [0.25, 0.3) is 0 Å². The molecule has 29 heavy (non-hydrogen) atoms. The summed E-state index contributed by atoms with van der Waals surface area (Å²) in [4.78, 5) is 15.4. The molecule has 4 aliphatic rings. The Balaban J connectivity index is 1.39. The zero-order valence-corrected chi connectivity index (χ0v) is 16.5. The van der Waals surface area contributed by atoms with Gasteiger partial charge in [-0.25, -0.2) is 4.79 Å². The molecule has 2 atom stereocenters. The number of carbonyl (C=O) groups is 1. The molecule has 6 rings (SSSR count). The van der Waals surface area contributed by atoms with Crippen molar-refractivity contribution in [2.45, 2.75) is 30.7 Å². The van der Waals surface area contributed by atoms with Crippen LogP contribution in [0.4, 0.5) is 0 Å². The molecule has 2 bridgehead atoms. The lowest BCUT2D eigenvalue weighted by atomic mass is 9.85. The van der Waals surface area contributed by atoms with Crippen LogP contribution in [0.2, 0.25) is 0 Å². The fourth-order valence-corrected chi connectivity index (χ4v) is 4.89. The number of carbonyl (C=O) groups excluding carboxylic acids is 1. The van der Waals surface area contributed by atoms with E-state index in [9.17, 15) is 4.79 Å². The molecule has 0 amide bonds. The number of piperidine rings is 3. The molecule has 0 unspecified atom stereocenters. The number of hydrogen-bond acceptors (Lipinski definition) is 5. The number of rotatable bonds is 4. The molecule has 0 aliphatic carbocycles. The smallest absolute Gasteiger partial charge is 0.338 e. The fourth-order valence-electron chi connectivity index (χ4n) is 4.89. The Bertz CT molecular complexity index is 793. The second-order valence-electron chi connectivity index (χ2n) is 8.29. The van der Waals surface area contributed by atoms with Crippen molar-refractivity contribution in [2.24, 2.45) is 5.92 Å². The minimum absolute atomic E-state index is 0.0293. The number of benzene rings is 2. The number of fused-ring (bicyclic) bond motifs is 3. The molecule has 5 nitrogen and oxygen atoms in total. The first kappa shape index (κ1) is 18.8. The Morgan fingerprint density at radius 3 is 2.14 bits per heavy atom. The molecular formula is C24H27NO4. The van der Waals surface area contributed by atoms with Gasteiger partial charge in [-0.1, -0.05) is 60.7 Å². The van der Waals surface area contributed by atoms with Crippen LogP contribution >= 0.6 is 0 Å². The molecule has 4 aliphatic heterocycles. The van der Waals surface area contributed by atoms with Gasteiger partial charge in [-0.15, -0.1) is 0 Å². The first-order chi connectivity index (χ1) is 14.2. The van der Waals surface area contributed by atoms with Gasteiger partial charge >= 0.3 is 5.97 Å². The van der Waals surface area contributed by atoms with Crippen LogP contribution in [-0.2, 0) is 24.6 Å². The van der Waals surface area contributed by atoms with Crippen molar-refractivity contribution in [3.05, 3.63) is 71.8 Å². The van der Waals surface area contributed by atoms with Crippen LogP contribution < -0.4 is 0 Å². The zero-order valence-electron chi connectivity index (χ0n) is 16.5. The SMILES string of the molecule is O=C(O[C@@H]1CN2CCC1CC2)[C@@H]1COCC(c2ccccc2)(c2ccccc2)O1. The van der Waals surface area contributed by atoms with Crippen molar-refractivity contribution in [1.82, 2.24) is 4.90 Å². The van der Waals surface area contributed by atoms with Crippen LogP contribution in [-0.4, -0.2) is 55.9 Å². The van der Waals surface area contributed by atoms with Crippen molar-refractivity contribution >= 4 is 5.97 Å². The van der Waals surface area contributed by atoms with Crippen LogP contribution in [0.25, 0.3) is 0 Å². The summed E-state index contributed by atoms with van der Waals surface area (Å²) in [7, 11) is 0. The number of esters is 1. The Morgan fingerprint density at radius 2 is 1.59 bits per heavy atom. The van der Waals surface area contributed by atoms with Crippen LogP contribution in [0.5, 0.6) is 0 Å². The van der Waals surface area contributed by atoms with E-state index in [-0.39, 0.29) is 18.7 Å². The Hall–Kier alpha value is -2.21. The van der Waals surface area contributed by atoms with Crippen LogP contribution in [0.15, 0.2) is 60.7 Å². The molecule has 0 radical (unpaired) electrons. The van der Waals surface area contributed by atoms with E-state index >= 15 is 0 Å². The quantitative estimate of drug-likeness (QED) is 0.748. The van der Waals surface area contributed by atoms with Gasteiger partial charge in [0.15, 0.2) is 6.10 Å². The molecule has 5 heteroatoms. The third-order valence-electron chi connectivity index (χ3n) is 6.52. The summed E-state index contributed by atoms with van der Waals surface area (Å²) in [5.41, 5.74) is 1.14. The van der Waals surface area contributed by atoms with Crippen LogP contribution in [0, 0.1) is 5.92 Å². The normalized spacial score (nSPS) is 30.6. The lowest BCUT2D eigenvalue weighted by molar-refractivity contribution is -0.213. The van der Waals surface area contributed by atoms with Crippen molar-refractivity contribution in [2.75, 3.05) is 32.8 Å². The van der Waals surface area contributed by atoms with E-state index in [4.69, 9.17) is 14.2 Å². The Labute approximate surface area is 171 Å². The highest BCUT2D eigenvalue weighted by atomic mass is 16.6. The summed E-state index contributed by atoms with van der Waals surface area (Å²) < 4.78 is 18.4. The monoisotopic (exact) mass is 393 g/mol. The minimum atomic E-state index is -0.820. The van der Waals surface area contributed by atoms with E-state index in [2.05, 4.69) is 4.90 Å². The molecule has 4 heterocycles. The van der Waals surface area contributed by atoms with E-state index in [1.54, 1.807) is 0 Å². The van der Waals surface area contributed by atoms with Crippen molar-refractivity contribution in [3.63, 3.8) is 0 Å². The standard InChI is InChI=1S/C24H27NO4/c26-23(28-21-15-25-13-11-18(21)12-14-25)22-16-27-17-24(29-22,19-7-3-1-4-8-19)20-9-5-2-6-10-20/h1-10,18,21-22H,11-17H2/t21-,22+/m1/s1. The van der Waals surface area contributed by atoms with E-state index in [0.717, 1.165) is 43.6 Å². The van der Waals surface area contributed by atoms with Gasteiger partial charge in [0, 0.05) is 6.54 Å². The number of ether oxygens (including phenoxy) is 3. The van der Waals surface area contributed by atoms with Crippen molar-refractivity contribution < 1.29 is 19.0 Å². The maximum absolute atomic E-state index is 13.0. The summed E-state index contributed by atoms with van der Waals surface area (Å²) >= 11 is 0. The predicted molar refractivity (Wildman–Crippen MR) is 108 cm³/mol. The molecule has 152 valence electrons. The Kier molecular flexibility index (Phi) is 5.12. The average Bonchev–Trinajstić information content (AvgIpc) is 2.81. The molecular weight excluding hydrogens is 366 g/mol. The van der Waals surface area contributed by atoms with Gasteiger partial charge in [0.2, 0.25) is 0 Å². The van der Waals surface area contributed by atoms with Gasteiger partial charge in [0.05, 0.1) is 13.2 Å². The molecule has 0 spiro atoms. The molecule has 4 fully saturated rings. The highest BCUT2D eigenvalue weighted by Gasteiger charge is 2.45. The maximum Gasteiger partial charge on any atom is 0.338 e. The summed E-state index contributed by atoms with van der Waals surface area (Å²) in [5.74, 6) is 0.168. The highest BCUT2D eigenvalue weighted by Crippen LogP contribution is 2.38. The van der Waals surface area contributed by atoms with Gasteiger partial charge in [-0.3, -0.25) is 4.90 Å². The second kappa shape index (κ2) is 7.90. The third kappa shape index (κ3) is 3.59. The summed E-state index contributed by atoms with van der Waals surface area (Å²) in [6.45, 7) is 3.66. The first-order valence-corrected chi connectivity index (χ1v) is 10.5. The molecule has 2 aromatic rings. The van der Waals surface area contributed by atoms with Gasteiger partial charge < -0.3 is 14.2 Å². The molecule has 0 N–H and O–H groups in total. The average molecular weight is 393 g/mol. The van der Waals surface area contributed by atoms with E-state index < -0.39 is 11.7 Å². The minimum Gasteiger partial charge on any atom is -0.459 e. The number of hydrogen-bond donors (Lipinski definition) is 0. The third-order valence-corrected chi connectivity index (χ3v) is 6.52. The first-order valence-electron chi connectivity index (χ1n) is 10.5. The summed E-state index contributed by atoms with van der Waals surface area (Å²) in [5, 5.41) is 0. The van der Waals surface area contributed by atoms with Crippen molar-refractivity contribution in [3.8, 4) is 0 Å².